The molecule has 2 heteroatoms. The van der Waals surface area contributed by atoms with Crippen LogP contribution in [0.15, 0.2) is 48.5 Å². The number of carbonyl (C=O) groups is 1. The zero-order valence-electron chi connectivity index (χ0n) is 15.4. The van der Waals surface area contributed by atoms with E-state index >= 15 is 0 Å². The maximum Gasteiger partial charge on any atom is 0.248 e. The van der Waals surface area contributed by atoms with E-state index in [2.05, 4.69) is 56.4 Å². The first-order valence-corrected chi connectivity index (χ1v) is 9.14. The Balaban J connectivity index is 1.68. The van der Waals surface area contributed by atoms with Crippen LogP contribution in [0.4, 0.5) is 5.69 Å². The first-order chi connectivity index (χ1) is 11.9. The average Bonchev–Trinajstić information content (AvgIpc) is 2.60. The Morgan fingerprint density at radius 2 is 1.72 bits per heavy atom. The molecule has 25 heavy (non-hydrogen) atoms. The van der Waals surface area contributed by atoms with Crippen molar-refractivity contribution in [3.63, 3.8) is 0 Å². The summed E-state index contributed by atoms with van der Waals surface area (Å²) in [6.45, 7) is 6.60. The normalized spacial score (nSPS) is 14.4. The van der Waals surface area contributed by atoms with Gasteiger partial charge in [-0.1, -0.05) is 57.2 Å². The van der Waals surface area contributed by atoms with Crippen LogP contribution in [0.1, 0.15) is 55.9 Å². The number of nitrogens with one attached hydrogen (secondary N) is 1. The van der Waals surface area contributed by atoms with E-state index in [9.17, 15) is 4.79 Å². The number of hydrogen-bond acceptors (Lipinski definition) is 1. The van der Waals surface area contributed by atoms with Crippen LogP contribution in [0.25, 0.3) is 6.08 Å². The molecule has 0 unspecified atom stereocenters. The van der Waals surface area contributed by atoms with Crippen molar-refractivity contribution in [2.75, 3.05) is 5.32 Å². The molecule has 0 aromatic heterocycles. The van der Waals surface area contributed by atoms with Gasteiger partial charge in [-0.05, 0) is 65.5 Å². The lowest BCUT2D eigenvalue weighted by Gasteiger charge is -2.19. The van der Waals surface area contributed by atoms with E-state index < -0.39 is 0 Å². The van der Waals surface area contributed by atoms with Crippen LogP contribution >= 0.6 is 0 Å². The van der Waals surface area contributed by atoms with E-state index in [-0.39, 0.29) is 11.3 Å². The molecule has 0 aliphatic heterocycles. The second kappa shape index (κ2) is 7.26. The topological polar surface area (TPSA) is 29.1 Å². The first kappa shape index (κ1) is 17.5. The third-order valence-electron chi connectivity index (χ3n) is 4.86. The number of hydrogen-bond donors (Lipinski definition) is 1. The van der Waals surface area contributed by atoms with E-state index in [1.165, 1.54) is 29.5 Å². The van der Waals surface area contributed by atoms with E-state index in [4.69, 9.17) is 0 Å². The van der Waals surface area contributed by atoms with Gasteiger partial charge >= 0.3 is 0 Å². The minimum atomic E-state index is -0.0705. The summed E-state index contributed by atoms with van der Waals surface area (Å²) in [5, 5.41) is 3.05. The Morgan fingerprint density at radius 1 is 1.00 bits per heavy atom. The second-order valence-electron chi connectivity index (χ2n) is 7.84. The molecule has 0 saturated heterocycles. The van der Waals surface area contributed by atoms with Crippen molar-refractivity contribution in [2.24, 2.45) is 0 Å². The molecule has 3 rings (SSSR count). The third-order valence-corrected chi connectivity index (χ3v) is 4.86. The van der Waals surface area contributed by atoms with Crippen LogP contribution in [-0.2, 0) is 23.1 Å². The molecule has 0 bridgehead atoms. The van der Waals surface area contributed by atoms with Gasteiger partial charge in [0.1, 0.15) is 0 Å². The van der Waals surface area contributed by atoms with Gasteiger partial charge < -0.3 is 5.32 Å². The summed E-state index contributed by atoms with van der Waals surface area (Å²) in [6.07, 6.45) is 8.12. The van der Waals surface area contributed by atoms with Gasteiger partial charge in [0.25, 0.3) is 0 Å². The highest BCUT2D eigenvalue weighted by Crippen LogP contribution is 2.28. The Morgan fingerprint density at radius 3 is 2.44 bits per heavy atom. The summed E-state index contributed by atoms with van der Waals surface area (Å²) in [6, 6.07) is 14.6. The Kier molecular flexibility index (Phi) is 5.08. The lowest BCUT2D eigenvalue weighted by atomic mass is 9.87. The number of rotatable bonds is 3. The van der Waals surface area contributed by atoms with Crippen molar-refractivity contribution in [3.05, 3.63) is 70.8 Å². The summed E-state index contributed by atoms with van der Waals surface area (Å²) in [5.74, 6) is -0.0705. The molecule has 1 aliphatic carbocycles. The predicted octanol–water partition coefficient (Wildman–Crippen LogP) is 5.51. The van der Waals surface area contributed by atoms with Crippen molar-refractivity contribution in [2.45, 2.75) is 51.9 Å². The summed E-state index contributed by atoms with van der Waals surface area (Å²) in [7, 11) is 0. The molecular formula is C23H27NO. The molecule has 2 aromatic carbocycles. The number of carbonyl (C=O) groups excluding carboxylic acids is 1. The molecule has 0 spiro atoms. The van der Waals surface area contributed by atoms with Crippen LogP contribution in [0.5, 0.6) is 0 Å². The predicted molar refractivity (Wildman–Crippen MR) is 106 cm³/mol. The maximum absolute atomic E-state index is 12.3. The van der Waals surface area contributed by atoms with Gasteiger partial charge in [0.2, 0.25) is 5.91 Å². The monoisotopic (exact) mass is 333 g/mol. The Bertz CT molecular complexity index is 779. The molecule has 1 aliphatic rings. The first-order valence-electron chi connectivity index (χ1n) is 9.14. The highest BCUT2D eigenvalue weighted by Gasteiger charge is 2.14. The molecule has 0 fully saturated rings. The zero-order chi connectivity index (χ0) is 17.9. The quantitative estimate of drug-likeness (QED) is 0.737. The minimum absolute atomic E-state index is 0.0705. The van der Waals surface area contributed by atoms with E-state index in [1.54, 1.807) is 6.08 Å². The summed E-state index contributed by atoms with van der Waals surface area (Å²) >= 11 is 0. The Labute approximate surface area is 151 Å². The van der Waals surface area contributed by atoms with Gasteiger partial charge in [-0.15, -0.1) is 0 Å². The van der Waals surface area contributed by atoms with Gasteiger partial charge in [0.05, 0.1) is 0 Å². The molecule has 0 atom stereocenters. The lowest BCUT2D eigenvalue weighted by molar-refractivity contribution is -0.111. The molecule has 0 saturated carbocycles. The Hall–Kier alpha value is -2.35. The highest BCUT2D eigenvalue weighted by atomic mass is 16.1. The fourth-order valence-corrected chi connectivity index (χ4v) is 3.34. The molecule has 2 aromatic rings. The number of benzene rings is 2. The second-order valence-corrected chi connectivity index (χ2v) is 7.84. The van der Waals surface area contributed by atoms with E-state index in [0.29, 0.717) is 0 Å². The van der Waals surface area contributed by atoms with Gasteiger partial charge in [-0.2, -0.15) is 0 Å². The molecular weight excluding hydrogens is 306 g/mol. The third kappa shape index (κ3) is 4.39. The standard InChI is InChI=1S/C23H27NO/c1-23(2,3)19-14-11-17(12-15-19)13-16-22(25)24-21-10-6-8-18-7-4-5-9-20(18)21/h6,8,10-16H,4-5,7,9H2,1-3H3,(H,24,25)/b16-13+. The lowest BCUT2D eigenvalue weighted by Crippen LogP contribution is -2.13. The highest BCUT2D eigenvalue weighted by molar-refractivity contribution is 6.02. The molecule has 0 heterocycles. The summed E-state index contributed by atoms with van der Waals surface area (Å²) in [5.41, 5.74) is 6.14. The van der Waals surface area contributed by atoms with Crippen LogP contribution in [0, 0.1) is 0 Å². The van der Waals surface area contributed by atoms with Crippen molar-refractivity contribution >= 4 is 17.7 Å². The summed E-state index contributed by atoms with van der Waals surface area (Å²) < 4.78 is 0. The van der Waals surface area contributed by atoms with Gasteiger partial charge in [0.15, 0.2) is 0 Å². The molecule has 1 amide bonds. The fraction of sp³-hybridized carbons (Fsp3) is 0.348. The van der Waals surface area contributed by atoms with Crippen LogP contribution < -0.4 is 5.32 Å². The summed E-state index contributed by atoms with van der Waals surface area (Å²) in [4.78, 5) is 12.3. The van der Waals surface area contributed by atoms with Crippen LogP contribution in [0.3, 0.4) is 0 Å². The molecule has 0 radical (unpaired) electrons. The molecule has 130 valence electrons. The van der Waals surface area contributed by atoms with Gasteiger partial charge in [-0.3, -0.25) is 4.79 Å². The number of aryl methyl sites for hydroxylation is 1. The van der Waals surface area contributed by atoms with Crippen LogP contribution in [-0.4, -0.2) is 5.91 Å². The minimum Gasteiger partial charge on any atom is -0.322 e. The number of fused-ring (bicyclic) bond motifs is 1. The fourth-order valence-electron chi connectivity index (χ4n) is 3.34. The van der Waals surface area contributed by atoms with Crippen molar-refractivity contribution in [3.8, 4) is 0 Å². The molecule has 2 nitrogen and oxygen atoms in total. The van der Waals surface area contributed by atoms with Gasteiger partial charge in [-0.25, -0.2) is 0 Å². The largest absolute Gasteiger partial charge is 0.322 e. The van der Waals surface area contributed by atoms with Crippen LogP contribution in [0.2, 0.25) is 0 Å². The zero-order valence-corrected chi connectivity index (χ0v) is 15.4. The molecule has 1 N–H and O–H groups in total. The number of anilines is 1. The van der Waals surface area contributed by atoms with Gasteiger partial charge in [0, 0.05) is 11.8 Å². The van der Waals surface area contributed by atoms with Crippen molar-refractivity contribution in [1.29, 1.82) is 0 Å². The van der Waals surface area contributed by atoms with E-state index in [0.717, 1.165) is 24.1 Å². The average molecular weight is 333 g/mol. The van der Waals surface area contributed by atoms with Crippen molar-refractivity contribution < 1.29 is 4.79 Å². The SMILES string of the molecule is CC(C)(C)c1ccc(/C=C/C(=O)Nc2cccc3c2CCCC3)cc1. The number of amides is 1. The maximum atomic E-state index is 12.3. The van der Waals surface area contributed by atoms with E-state index in [1.807, 2.05) is 18.2 Å². The smallest absolute Gasteiger partial charge is 0.248 e. The van der Waals surface area contributed by atoms with Crippen molar-refractivity contribution in [1.82, 2.24) is 0 Å².